The fraction of sp³-hybridized carbons (Fsp3) is 0.286. The topological polar surface area (TPSA) is 78.5 Å². The maximum Gasteiger partial charge on any atom is 0.310 e. The van der Waals surface area contributed by atoms with Crippen LogP contribution in [0.2, 0.25) is 0 Å². The Labute approximate surface area is 158 Å². The van der Waals surface area contributed by atoms with E-state index in [1.165, 1.54) is 10.5 Å². The van der Waals surface area contributed by atoms with Crippen LogP contribution in [0.25, 0.3) is 0 Å². The lowest BCUT2D eigenvalue weighted by molar-refractivity contribution is -0.140. The highest BCUT2D eigenvalue weighted by molar-refractivity contribution is 6.35. The van der Waals surface area contributed by atoms with Crippen molar-refractivity contribution < 1.29 is 14.4 Å². The molecule has 0 bridgehead atoms. The summed E-state index contributed by atoms with van der Waals surface area (Å²) in [6.07, 6.45) is 1.53. The highest BCUT2D eigenvalue weighted by atomic mass is 16.2. The van der Waals surface area contributed by atoms with Crippen LogP contribution >= 0.6 is 0 Å². The SMILES string of the molecule is C[C@@H](CCc1ccccc1)NC(=O)C(=O)N[C@H]1C(=O)N(C)c2ccccc21. The van der Waals surface area contributed by atoms with Gasteiger partial charge in [-0.15, -0.1) is 0 Å². The van der Waals surface area contributed by atoms with E-state index in [1.807, 2.05) is 49.4 Å². The molecular weight excluding hydrogens is 342 g/mol. The predicted molar refractivity (Wildman–Crippen MR) is 103 cm³/mol. The van der Waals surface area contributed by atoms with Gasteiger partial charge >= 0.3 is 11.8 Å². The van der Waals surface area contributed by atoms with Crippen molar-refractivity contribution in [1.29, 1.82) is 0 Å². The molecule has 27 heavy (non-hydrogen) atoms. The van der Waals surface area contributed by atoms with Crippen molar-refractivity contribution in [1.82, 2.24) is 10.6 Å². The molecule has 1 aliphatic rings. The summed E-state index contributed by atoms with van der Waals surface area (Å²) in [4.78, 5) is 38.3. The molecule has 0 unspecified atom stereocenters. The highest BCUT2D eigenvalue weighted by Crippen LogP contribution is 2.34. The molecule has 2 atom stereocenters. The van der Waals surface area contributed by atoms with E-state index < -0.39 is 17.9 Å². The lowest BCUT2D eigenvalue weighted by Gasteiger charge is -2.16. The van der Waals surface area contributed by atoms with Crippen molar-refractivity contribution >= 4 is 23.4 Å². The minimum Gasteiger partial charge on any atom is -0.345 e. The number of hydrogen-bond donors (Lipinski definition) is 2. The standard InChI is InChI=1S/C21H23N3O3/c1-14(12-13-15-8-4-3-5-9-15)22-19(25)20(26)23-18-16-10-6-7-11-17(16)24(2)21(18)27/h3-11,14,18H,12-13H2,1-2H3,(H,22,25)(H,23,26)/t14-,18+/m0/s1. The lowest BCUT2D eigenvalue weighted by Crippen LogP contribution is -2.46. The van der Waals surface area contributed by atoms with Gasteiger partial charge in [-0.05, 0) is 31.4 Å². The van der Waals surface area contributed by atoms with E-state index >= 15 is 0 Å². The molecule has 2 aromatic rings. The smallest absolute Gasteiger partial charge is 0.310 e. The molecule has 3 rings (SSSR count). The minimum atomic E-state index is -0.830. The second-order valence-electron chi connectivity index (χ2n) is 6.76. The summed E-state index contributed by atoms with van der Waals surface area (Å²) in [5, 5.41) is 5.25. The Kier molecular flexibility index (Phi) is 5.54. The maximum atomic E-state index is 12.4. The second-order valence-corrected chi connectivity index (χ2v) is 6.76. The largest absolute Gasteiger partial charge is 0.345 e. The predicted octanol–water partition coefficient (Wildman–Crippen LogP) is 1.96. The molecule has 0 radical (unpaired) electrons. The minimum absolute atomic E-state index is 0.155. The van der Waals surface area contributed by atoms with E-state index in [9.17, 15) is 14.4 Å². The zero-order chi connectivity index (χ0) is 19.4. The number of anilines is 1. The quantitative estimate of drug-likeness (QED) is 0.795. The first-order valence-electron chi connectivity index (χ1n) is 8.99. The summed E-state index contributed by atoms with van der Waals surface area (Å²) in [7, 11) is 1.65. The number of rotatable bonds is 5. The third-order valence-corrected chi connectivity index (χ3v) is 4.75. The monoisotopic (exact) mass is 365 g/mol. The summed E-state index contributed by atoms with van der Waals surface area (Å²) in [6, 6.07) is 16.2. The number of para-hydroxylation sites is 1. The van der Waals surface area contributed by atoms with Gasteiger partial charge in [-0.2, -0.15) is 0 Å². The van der Waals surface area contributed by atoms with Crippen molar-refractivity contribution in [2.45, 2.75) is 31.8 Å². The number of carbonyl (C=O) groups excluding carboxylic acids is 3. The van der Waals surface area contributed by atoms with Crippen LogP contribution < -0.4 is 15.5 Å². The summed E-state index contributed by atoms with van der Waals surface area (Å²) in [5.41, 5.74) is 2.62. The Hall–Kier alpha value is -3.15. The van der Waals surface area contributed by atoms with Crippen LogP contribution in [0, 0.1) is 0 Å². The van der Waals surface area contributed by atoms with Gasteiger partial charge in [0.05, 0.1) is 0 Å². The van der Waals surface area contributed by atoms with E-state index in [1.54, 1.807) is 19.2 Å². The van der Waals surface area contributed by atoms with Gasteiger partial charge in [0.1, 0.15) is 6.04 Å². The van der Waals surface area contributed by atoms with Crippen LogP contribution in [-0.2, 0) is 20.8 Å². The molecule has 1 heterocycles. The zero-order valence-corrected chi connectivity index (χ0v) is 15.4. The lowest BCUT2D eigenvalue weighted by atomic mass is 10.1. The van der Waals surface area contributed by atoms with Crippen molar-refractivity contribution in [3.63, 3.8) is 0 Å². The average Bonchev–Trinajstić information content (AvgIpc) is 2.92. The number of fused-ring (bicyclic) bond motifs is 1. The first-order chi connectivity index (χ1) is 13.0. The number of nitrogens with one attached hydrogen (secondary N) is 2. The molecule has 0 saturated carbocycles. The van der Waals surface area contributed by atoms with Gasteiger partial charge in [-0.3, -0.25) is 14.4 Å². The Morgan fingerprint density at radius 3 is 2.44 bits per heavy atom. The van der Waals surface area contributed by atoms with Gasteiger partial charge < -0.3 is 15.5 Å². The number of nitrogens with zero attached hydrogens (tertiary/aromatic N) is 1. The average molecular weight is 365 g/mol. The van der Waals surface area contributed by atoms with E-state index in [2.05, 4.69) is 10.6 Å². The van der Waals surface area contributed by atoms with Crippen LogP contribution in [0.5, 0.6) is 0 Å². The van der Waals surface area contributed by atoms with E-state index in [0.29, 0.717) is 5.56 Å². The number of benzene rings is 2. The second kappa shape index (κ2) is 8.03. The maximum absolute atomic E-state index is 12.4. The molecule has 0 saturated heterocycles. The van der Waals surface area contributed by atoms with E-state index in [4.69, 9.17) is 0 Å². The molecule has 0 aliphatic carbocycles. The first kappa shape index (κ1) is 18.6. The molecule has 0 fully saturated rings. The fourth-order valence-corrected chi connectivity index (χ4v) is 3.21. The van der Waals surface area contributed by atoms with Crippen LogP contribution in [0.1, 0.15) is 30.5 Å². The summed E-state index contributed by atoms with van der Waals surface area (Å²) in [5.74, 6) is -1.78. The van der Waals surface area contributed by atoms with Gasteiger partial charge in [0.2, 0.25) is 0 Å². The fourth-order valence-electron chi connectivity index (χ4n) is 3.21. The van der Waals surface area contributed by atoms with E-state index in [-0.39, 0.29) is 11.9 Å². The summed E-state index contributed by atoms with van der Waals surface area (Å²) < 4.78 is 0. The number of aryl methyl sites for hydroxylation is 1. The van der Waals surface area contributed by atoms with Crippen molar-refractivity contribution in [3.05, 3.63) is 65.7 Å². The van der Waals surface area contributed by atoms with Gasteiger partial charge in [-0.25, -0.2) is 0 Å². The highest BCUT2D eigenvalue weighted by Gasteiger charge is 2.36. The molecule has 0 aromatic heterocycles. The molecule has 3 amide bonds. The first-order valence-corrected chi connectivity index (χ1v) is 8.99. The molecule has 0 spiro atoms. The summed E-state index contributed by atoms with van der Waals surface area (Å²) >= 11 is 0. The van der Waals surface area contributed by atoms with Gasteiger partial charge in [0.25, 0.3) is 5.91 Å². The van der Waals surface area contributed by atoms with Gasteiger partial charge in [-0.1, -0.05) is 48.5 Å². The van der Waals surface area contributed by atoms with Crippen molar-refractivity contribution in [2.75, 3.05) is 11.9 Å². The summed E-state index contributed by atoms with van der Waals surface area (Å²) in [6.45, 7) is 1.86. The Balaban J connectivity index is 1.55. The molecule has 6 heteroatoms. The molecular formula is C21H23N3O3. The molecule has 6 nitrogen and oxygen atoms in total. The van der Waals surface area contributed by atoms with E-state index in [0.717, 1.165) is 18.5 Å². The Morgan fingerprint density at radius 1 is 1.04 bits per heavy atom. The van der Waals surface area contributed by atoms with Gasteiger partial charge in [0, 0.05) is 24.3 Å². The third kappa shape index (κ3) is 4.16. The number of amides is 3. The van der Waals surface area contributed by atoms with Crippen LogP contribution in [0.15, 0.2) is 54.6 Å². The van der Waals surface area contributed by atoms with Crippen LogP contribution in [0.3, 0.4) is 0 Å². The third-order valence-electron chi connectivity index (χ3n) is 4.75. The Bertz CT molecular complexity index is 851. The van der Waals surface area contributed by atoms with Crippen LogP contribution in [0.4, 0.5) is 5.69 Å². The Morgan fingerprint density at radius 2 is 1.70 bits per heavy atom. The normalized spacial score (nSPS) is 16.6. The molecule has 1 aliphatic heterocycles. The van der Waals surface area contributed by atoms with Gasteiger partial charge in [0.15, 0.2) is 0 Å². The number of carbonyl (C=O) groups is 3. The van der Waals surface area contributed by atoms with Crippen molar-refractivity contribution in [2.24, 2.45) is 0 Å². The molecule has 140 valence electrons. The molecule has 2 aromatic carbocycles. The number of likely N-dealkylation sites (N-methyl/N-ethyl adjacent to an activating group) is 1. The molecule has 2 N–H and O–H groups in total. The van der Waals surface area contributed by atoms with Crippen molar-refractivity contribution in [3.8, 4) is 0 Å². The van der Waals surface area contributed by atoms with Crippen LogP contribution in [-0.4, -0.2) is 30.8 Å². The zero-order valence-electron chi connectivity index (χ0n) is 15.4. The number of hydrogen-bond acceptors (Lipinski definition) is 3.